The molecule has 164 valence electrons. The molecule has 1 saturated heterocycles. The van der Waals surface area contributed by atoms with E-state index < -0.39 is 0 Å². The lowest BCUT2D eigenvalue weighted by atomic mass is 10.1. The summed E-state index contributed by atoms with van der Waals surface area (Å²) in [6, 6.07) is 14.4. The monoisotopic (exact) mass is 457 g/mol. The summed E-state index contributed by atoms with van der Waals surface area (Å²) in [6.45, 7) is 0.890. The van der Waals surface area contributed by atoms with Crippen molar-refractivity contribution in [1.29, 1.82) is 0 Å². The molecular weight excluding hydrogens is 430 g/mol. The minimum atomic E-state index is 0.0375. The van der Waals surface area contributed by atoms with E-state index in [2.05, 4.69) is 12.1 Å². The summed E-state index contributed by atoms with van der Waals surface area (Å²) in [5.41, 5.74) is 2.38. The highest BCUT2D eigenvalue weighted by atomic mass is 32.2. The molecule has 0 bridgehead atoms. The quantitative estimate of drug-likeness (QED) is 0.566. The van der Waals surface area contributed by atoms with Crippen molar-refractivity contribution in [3.63, 3.8) is 0 Å². The van der Waals surface area contributed by atoms with Gasteiger partial charge in [0.15, 0.2) is 18.1 Å². The summed E-state index contributed by atoms with van der Waals surface area (Å²) in [5, 5.41) is 0. The molecule has 1 amide bonds. The molecule has 5 nitrogen and oxygen atoms in total. The number of benzene rings is 2. The van der Waals surface area contributed by atoms with Crippen LogP contribution in [0.2, 0.25) is 0 Å². The highest BCUT2D eigenvalue weighted by Crippen LogP contribution is 2.45. The fourth-order valence-electron chi connectivity index (χ4n) is 4.37. The molecule has 0 aromatic heterocycles. The lowest BCUT2D eigenvalue weighted by molar-refractivity contribution is -0.136. The molecule has 3 aliphatic rings. The molecule has 2 aromatic carbocycles. The second kappa shape index (κ2) is 9.65. The van der Waals surface area contributed by atoms with Crippen molar-refractivity contribution in [2.24, 2.45) is 0 Å². The van der Waals surface area contributed by atoms with Gasteiger partial charge in [0.2, 0.25) is 6.79 Å². The van der Waals surface area contributed by atoms with Crippen molar-refractivity contribution in [3.8, 4) is 17.2 Å². The highest BCUT2D eigenvalue weighted by Gasteiger charge is 2.28. The Balaban J connectivity index is 1.23. The summed E-state index contributed by atoms with van der Waals surface area (Å²) in [5.74, 6) is 4.73. The molecule has 0 radical (unpaired) electrons. The van der Waals surface area contributed by atoms with E-state index >= 15 is 0 Å². The van der Waals surface area contributed by atoms with Gasteiger partial charge in [-0.1, -0.05) is 31.0 Å². The van der Waals surface area contributed by atoms with Crippen LogP contribution in [0, 0.1) is 0 Å². The van der Waals surface area contributed by atoms with E-state index in [0.717, 1.165) is 35.7 Å². The zero-order valence-electron chi connectivity index (χ0n) is 17.5. The maximum atomic E-state index is 13.2. The first-order chi connectivity index (χ1) is 15.3. The lowest BCUT2D eigenvalue weighted by Gasteiger charge is -2.29. The molecule has 1 saturated carbocycles. The third kappa shape index (κ3) is 4.93. The number of nitrogens with zero attached hydrogens (tertiary/aromatic N) is 1. The van der Waals surface area contributed by atoms with Crippen molar-refractivity contribution in [1.82, 2.24) is 4.90 Å². The molecule has 0 unspecified atom stereocenters. The van der Waals surface area contributed by atoms with Crippen LogP contribution < -0.4 is 14.2 Å². The Morgan fingerprint density at radius 2 is 1.74 bits per heavy atom. The molecule has 0 N–H and O–H groups in total. The summed E-state index contributed by atoms with van der Waals surface area (Å²) in [6.07, 6.45) is 4.47. The molecule has 2 fully saturated rings. The molecule has 5 rings (SSSR count). The Hall–Kier alpha value is -1.99. The first kappa shape index (κ1) is 20.9. The fraction of sp³-hybridized carbons (Fsp3) is 0.458. The molecule has 2 aliphatic heterocycles. The van der Waals surface area contributed by atoms with Gasteiger partial charge in [0.25, 0.3) is 5.91 Å². The van der Waals surface area contributed by atoms with E-state index in [1.54, 1.807) is 0 Å². The van der Waals surface area contributed by atoms with Crippen molar-refractivity contribution in [2.45, 2.75) is 42.9 Å². The minimum Gasteiger partial charge on any atom is -0.484 e. The predicted molar refractivity (Wildman–Crippen MR) is 125 cm³/mol. The van der Waals surface area contributed by atoms with Crippen LogP contribution in [0.5, 0.6) is 17.2 Å². The highest BCUT2D eigenvalue weighted by molar-refractivity contribution is 8.19. The first-order valence-electron chi connectivity index (χ1n) is 10.9. The maximum Gasteiger partial charge on any atom is 0.261 e. The van der Waals surface area contributed by atoms with E-state index in [0.29, 0.717) is 11.1 Å². The SMILES string of the molecule is O=C(COc1ccc(C2SCCS2)cc1)N(Cc1ccc2c(c1)OCO2)C1CCCC1. The van der Waals surface area contributed by atoms with Gasteiger partial charge in [0.05, 0.1) is 4.58 Å². The van der Waals surface area contributed by atoms with Crippen molar-refractivity contribution < 1.29 is 19.0 Å². The molecule has 31 heavy (non-hydrogen) atoms. The van der Waals surface area contributed by atoms with Gasteiger partial charge in [-0.15, -0.1) is 23.5 Å². The van der Waals surface area contributed by atoms with Crippen LogP contribution in [0.3, 0.4) is 0 Å². The third-order valence-electron chi connectivity index (χ3n) is 6.01. The van der Waals surface area contributed by atoms with E-state index in [1.807, 2.05) is 58.8 Å². The van der Waals surface area contributed by atoms with Crippen molar-refractivity contribution in [2.75, 3.05) is 24.9 Å². The Bertz CT molecular complexity index is 908. The van der Waals surface area contributed by atoms with E-state index in [9.17, 15) is 4.79 Å². The second-order valence-electron chi connectivity index (χ2n) is 8.08. The van der Waals surface area contributed by atoms with Crippen LogP contribution in [0.4, 0.5) is 0 Å². The van der Waals surface area contributed by atoms with Gasteiger partial charge < -0.3 is 19.1 Å². The minimum absolute atomic E-state index is 0.0375. The van der Waals surface area contributed by atoms with Crippen LogP contribution in [0.25, 0.3) is 0 Å². The number of carbonyl (C=O) groups is 1. The van der Waals surface area contributed by atoms with Gasteiger partial charge in [-0.05, 0) is 48.2 Å². The summed E-state index contributed by atoms with van der Waals surface area (Å²) in [4.78, 5) is 15.1. The smallest absolute Gasteiger partial charge is 0.261 e. The summed E-state index contributed by atoms with van der Waals surface area (Å²) >= 11 is 3.98. The molecular formula is C24H27NO4S2. The van der Waals surface area contributed by atoms with Gasteiger partial charge in [-0.25, -0.2) is 0 Å². The van der Waals surface area contributed by atoms with Crippen LogP contribution >= 0.6 is 23.5 Å². The average molecular weight is 458 g/mol. The topological polar surface area (TPSA) is 48.0 Å². The number of ether oxygens (including phenoxy) is 3. The van der Waals surface area contributed by atoms with Gasteiger partial charge >= 0.3 is 0 Å². The largest absolute Gasteiger partial charge is 0.484 e. The standard InChI is InChI=1S/C24H27NO4S2/c26-23(15-27-20-8-6-18(7-9-20)24-30-11-12-31-24)25(19-3-1-2-4-19)14-17-5-10-21-22(13-17)29-16-28-21/h5-10,13,19,24H,1-4,11-12,14-16H2. The first-order valence-corrected chi connectivity index (χ1v) is 13.0. The van der Waals surface area contributed by atoms with Gasteiger partial charge in [0, 0.05) is 24.1 Å². The Labute approximate surface area is 191 Å². The summed E-state index contributed by atoms with van der Waals surface area (Å²) < 4.78 is 17.3. The number of hydrogen-bond acceptors (Lipinski definition) is 6. The molecule has 7 heteroatoms. The summed E-state index contributed by atoms with van der Waals surface area (Å²) in [7, 11) is 0. The number of thioether (sulfide) groups is 2. The van der Waals surface area contributed by atoms with Crippen LogP contribution in [-0.2, 0) is 11.3 Å². The Kier molecular flexibility index (Phi) is 6.50. The average Bonchev–Trinajstić information content (AvgIpc) is 3.58. The van der Waals surface area contributed by atoms with Gasteiger partial charge in [-0.3, -0.25) is 4.79 Å². The van der Waals surface area contributed by atoms with E-state index in [4.69, 9.17) is 14.2 Å². The number of carbonyl (C=O) groups excluding carboxylic acids is 1. The number of fused-ring (bicyclic) bond motifs is 1. The van der Waals surface area contributed by atoms with Gasteiger partial charge in [-0.2, -0.15) is 0 Å². The zero-order valence-corrected chi connectivity index (χ0v) is 19.1. The molecule has 0 atom stereocenters. The van der Waals surface area contributed by atoms with Gasteiger partial charge in [0.1, 0.15) is 5.75 Å². The molecule has 2 aromatic rings. The molecule has 2 heterocycles. The molecule has 0 spiro atoms. The van der Waals surface area contributed by atoms with Crippen LogP contribution in [-0.4, -0.2) is 41.8 Å². The molecule has 1 aliphatic carbocycles. The number of hydrogen-bond donors (Lipinski definition) is 0. The maximum absolute atomic E-state index is 13.2. The Morgan fingerprint density at radius 1 is 1.00 bits per heavy atom. The van der Waals surface area contributed by atoms with E-state index in [1.165, 1.54) is 29.9 Å². The van der Waals surface area contributed by atoms with E-state index in [-0.39, 0.29) is 25.3 Å². The number of amides is 1. The van der Waals surface area contributed by atoms with Crippen molar-refractivity contribution in [3.05, 3.63) is 53.6 Å². The number of rotatable bonds is 7. The second-order valence-corrected chi connectivity index (χ2v) is 10.8. The fourth-order valence-corrected chi connectivity index (χ4v) is 7.23. The predicted octanol–water partition coefficient (Wildman–Crippen LogP) is 5.24. The normalized spacial score (nSPS) is 18.5. The van der Waals surface area contributed by atoms with Crippen LogP contribution in [0.1, 0.15) is 41.4 Å². The van der Waals surface area contributed by atoms with Crippen LogP contribution in [0.15, 0.2) is 42.5 Å². The lowest BCUT2D eigenvalue weighted by Crippen LogP contribution is -2.41. The third-order valence-corrected chi connectivity index (χ3v) is 9.12. The Morgan fingerprint density at radius 3 is 2.52 bits per heavy atom. The zero-order chi connectivity index (χ0) is 21.0. The van der Waals surface area contributed by atoms with Crippen molar-refractivity contribution >= 4 is 29.4 Å².